The predicted octanol–water partition coefficient (Wildman–Crippen LogP) is 3.59. The number of rotatable bonds is 9. The van der Waals surface area contributed by atoms with E-state index in [0.717, 1.165) is 57.2 Å². The maximum Gasteiger partial charge on any atom is 0.203 e. The van der Waals surface area contributed by atoms with E-state index in [1.807, 2.05) is 12.1 Å². The van der Waals surface area contributed by atoms with Crippen LogP contribution in [-0.4, -0.2) is 70.4 Å². The average Bonchev–Trinajstić information content (AvgIpc) is 2.78. The van der Waals surface area contributed by atoms with Gasteiger partial charge in [0.15, 0.2) is 11.5 Å². The SMILES string of the molecule is COc1cc(CCN2CCN(CC=Cc3ccccc3)CC2)cc(OC)c1OC. The molecule has 2 aromatic carbocycles. The molecular weight excluding hydrogens is 364 g/mol. The lowest BCUT2D eigenvalue weighted by atomic mass is 10.1. The van der Waals surface area contributed by atoms with Crippen LogP contribution in [0.1, 0.15) is 11.1 Å². The first kappa shape index (κ1) is 21.2. The van der Waals surface area contributed by atoms with E-state index in [-0.39, 0.29) is 0 Å². The van der Waals surface area contributed by atoms with E-state index in [4.69, 9.17) is 14.2 Å². The van der Waals surface area contributed by atoms with Crippen molar-refractivity contribution in [3.63, 3.8) is 0 Å². The first-order valence-electron chi connectivity index (χ1n) is 10.2. The summed E-state index contributed by atoms with van der Waals surface area (Å²) in [7, 11) is 4.95. The maximum absolute atomic E-state index is 5.46. The molecule has 1 saturated heterocycles. The van der Waals surface area contributed by atoms with Crippen LogP contribution in [0, 0.1) is 0 Å². The molecule has 0 spiro atoms. The fourth-order valence-electron chi connectivity index (χ4n) is 3.66. The second kappa shape index (κ2) is 10.9. The van der Waals surface area contributed by atoms with Crippen molar-refractivity contribution in [1.29, 1.82) is 0 Å². The van der Waals surface area contributed by atoms with Gasteiger partial charge in [-0.2, -0.15) is 0 Å². The minimum Gasteiger partial charge on any atom is -0.493 e. The van der Waals surface area contributed by atoms with Gasteiger partial charge < -0.3 is 19.1 Å². The third-order valence-electron chi connectivity index (χ3n) is 5.38. The summed E-state index contributed by atoms with van der Waals surface area (Å²) in [6.45, 7) is 6.46. The molecular formula is C24H32N2O3. The highest BCUT2D eigenvalue weighted by molar-refractivity contribution is 5.54. The summed E-state index contributed by atoms with van der Waals surface area (Å²) in [5, 5.41) is 0. The molecule has 0 unspecified atom stereocenters. The van der Waals surface area contributed by atoms with Gasteiger partial charge in [0.05, 0.1) is 21.3 Å². The van der Waals surface area contributed by atoms with Gasteiger partial charge in [-0.15, -0.1) is 0 Å². The van der Waals surface area contributed by atoms with Crippen molar-refractivity contribution in [2.45, 2.75) is 6.42 Å². The second-order valence-corrected chi connectivity index (χ2v) is 7.24. The number of methoxy groups -OCH3 is 3. The Hall–Kier alpha value is -2.50. The summed E-state index contributed by atoms with van der Waals surface area (Å²) in [6.07, 6.45) is 5.43. The van der Waals surface area contributed by atoms with Gasteiger partial charge in [0.25, 0.3) is 0 Å². The van der Waals surface area contributed by atoms with Crippen LogP contribution in [0.4, 0.5) is 0 Å². The van der Waals surface area contributed by atoms with Crippen LogP contribution in [0.5, 0.6) is 17.2 Å². The first-order valence-corrected chi connectivity index (χ1v) is 10.2. The molecule has 29 heavy (non-hydrogen) atoms. The highest BCUT2D eigenvalue weighted by atomic mass is 16.5. The van der Waals surface area contributed by atoms with E-state index in [1.54, 1.807) is 21.3 Å². The highest BCUT2D eigenvalue weighted by Gasteiger charge is 2.17. The van der Waals surface area contributed by atoms with E-state index in [9.17, 15) is 0 Å². The molecule has 2 aromatic rings. The van der Waals surface area contributed by atoms with Crippen molar-refractivity contribution in [2.24, 2.45) is 0 Å². The van der Waals surface area contributed by atoms with Crippen molar-refractivity contribution < 1.29 is 14.2 Å². The Kier molecular flexibility index (Phi) is 7.96. The van der Waals surface area contributed by atoms with Crippen LogP contribution in [0.3, 0.4) is 0 Å². The minimum absolute atomic E-state index is 0.649. The zero-order valence-electron chi connectivity index (χ0n) is 17.8. The molecule has 1 heterocycles. The summed E-state index contributed by atoms with van der Waals surface area (Å²) in [6, 6.07) is 14.6. The Morgan fingerprint density at radius 1 is 0.828 bits per heavy atom. The van der Waals surface area contributed by atoms with Crippen molar-refractivity contribution in [1.82, 2.24) is 9.80 Å². The number of hydrogen-bond acceptors (Lipinski definition) is 5. The van der Waals surface area contributed by atoms with Gasteiger partial charge in [-0.3, -0.25) is 4.90 Å². The molecule has 1 fully saturated rings. The monoisotopic (exact) mass is 396 g/mol. The molecule has 156 valence electrons. The van der Waals surface area contributed by atoms with Crippen molar-refractivity contribution >= 4 is 6.08 Å². The summed E-state index contributed by atoms with van der Waals surface area (Å²) < 4.78 is 16.3. The zero-order valence-corrected chi connectivity index (χ0v) is 17.8. The standard InChI is InChI=1S/C24H32N2O3/c1-27-22-18-21(19-23(28-2)24(22)29-3)11-13-26-16-14-25(15-17-26)12-7-10-20-8-5-4-6-9-20/h4-10,18-19H,11-17H2,1-3H3. The molecule has 3 rings (SSSR count). The van der Waals surface area contributed by atoms with Crippen LogP contribution in [-0.2, 0) is 6.42 Å². The Balaban J connectivity index is 1.46. The van der Waals surface area contributed by atoms with Crippen LogP contribution in [0.25, 0.3) is 6.08 Å². The zero-order chi connectivity index (χ0) is 20.5. The molecule has 1 aliphatic rings. The van der Waals surface area contributed by atoms with Gasteiger partial charge in [-0.05, 0) is 29.7 Å². The second-order valence-electron chi connectivity index (χ2n) is 7.24. The Morgan fingerprint density at radius 3 is 2.03 bits per heavy atom. The van der Waals surface area contributed by atoms with E-state index in [2.05, 4.69) is 52.3 Å². The number of hydrogen-bond donors (Lipinski definition) is 0. The van der Waals surface area contributed by atoms with Gasteiger partial charge in [0.1, 0.15) is 0 Å². The molecule has 5 heteroatoms. The number of piperazine rings is 1. The Labute approximate surface area is 174 Å². The number of ether oxygens (including phenoxy) is 3. The Bertz CT molecular complexity index is 759. The summed E-state index contributed by atoms with van der Waals surface area (Å²) >= 11 is 0. The molecule has 5 nitrogen and oxygen atoms in total. The molecule has 0 aromatic heterocycles. The van der Waals surface area contributed by atoms with E-state index >= 15 is 0 Å². The lowest BCUT2D eigenvalue weighted by molar-refractivity contribution is 0.144. The predicted molar refractivity (Wildman–Crippen MR) is 118 cm³/mol. The van der Waals surface area contributed by atoms with Crippen LogP contribution in [0.15, 0.2) is 48.5 Å². The smallest absolute Gasteiger partial charge is 0.203 e. The van der Waals surface area contributed by atoms with Crippen LogP contribution in [0.2, 0.25) is 0 Å². The fourth-order valence-corrected chi connectivity index (χ4v) is 3.66. The van der Waals surface area contributed by atoms with Gasteiger partial charge in [-0.25, -0.2) is 0 Å². The topological polar surface area (TPSA) is 34.2 Å². The van der Waals surface area contributed by atoms with Crippen molar-refractivity contribution in [3.8, 4) is 17.2 Å². The summed E-state index contributed by atoms with van der Waals surface area (Å²) in [5.41, 5.74) is 2.46. The molecule has 0 saturated carbocycles. The quantitative estimate of drug-likeness (QED) is 0.647. The van der Waals surface area contributed by atoms with Gasteiger partial charge >= 0.3 is 0 Å². The molecule has 0 aliphatic carbocycles. The molecule has 0 amide bonds. The van der Waals surface area contributed by atoms with Crippen LogP contribution >= 0.6 is 0 Å². The number of benzene rings is 2. The Morgan fingerprint density at radius 2 is 1.45 bits per heavy atom. The average molecular weight is 397 g/mol. The summed E-state index contributed by atoms with van der Waals surface area (Å²) in [5.74, 6) is 2.09. The van der Waals surface area contributed by atoms with E-state index in [1.165, 1.54) is 11.1 Å². The highest BCUT2D eigenvalue weighted by Crippen LogP contribution is 2.38. The number of nitrogens with zero attached hydrogens (tertiary/aromatic N) is 2. The minimum atomic E-state index is 0.649. The van der Waals surface area contributed by atoms with E-state index < -0.39 is 0 Å². The van der Waals surface area contributed by atoms with Crippen molar-refractivity contribution in [2.75, 3.05) is 60.6 Å². The van der Waals surface area contributed by atoms with Gasteiger partial charge in [-0.1, -0.05) is 42.5 Å². The maximum atomic E-state index is 5.46. The molecule has 0 atom stereocenters. The van der Waals surface area contributed by atoms with E-state index in [0.29, 0.717) is 5.75 Å². The third-order valence-corrected chi connectivity index (χ3v) is 5.38. The summed E-state index contributed by atoms with van der Waals surface area (Å²) in [4.78, 5) is 5.04. The molecule has 0 radical (unpaired) electrons. The fraction of sp³-hybridized carbons (Fsp3) is 0.417. The van der Waals surface area contributed by atoms with Crippen molar-refractivity contribution in [3.05, 3.63) is 59.7 Å². The van der Waals surface area contributed by atoms with Gasteiger partial charge in [0.2, 0.25) is 5.75 Å². The molecule has 0 bridgehead atoms. The molecule has 0 N–H and O–H groups in total. The normalized spacial score (nSPS) is 15.6. The lowest BCUT2D eigenvalue weighted by Crippen LogP contribution is -2.46. The molecule has 1 aliphatic heterocycles. The third kappa shape index (κ3) is 5.99. The lowest BCUT2D eigenvalue weighted by Gasteiger charge is -2.34. The van der Waals surface area contributed by atoms with Crippen LogP contribution < -0.4 is 14.2 Å². The van der Waals surface area contributed by atoms with Gasteiger partial charge in [0, 0.05) is 39.3 Å². The first-order chi connectivity index (χ1) is 14.2. The largest absolute Gasteiger partial charge is 0.493 e.